The number of carbonyl (C=O) groups excluding carboxylic acids is 1. The Kier molecular flexibility index (Phi) is 6.87. The summed E-state index contributed by atoms with van der Waals surface area (Å²) in [4.78, 5) is 22.1. The van der Waals surface area contributed by atoms with Crippen LogP contribution in [0.1, 0.15) is 34.8 Å². The zero-order valence-corrected chi connectivity index (χ0v) is 18.7. The number of ether oxygens (including phenoxy) is 1. The molecule has 0 aliphatic carbocycles. The highest BCUT2D eigenvalue weighted by Crippen LogP contribution is 2.32. The molecule has 2 aromatic carbocycles. The van der Waals surface area contributed by atoms with Crippen LogP contribution in [-0.4, -0.2) is 49.6 Å². The van der Waals surface area contributed by atoms with Crippen molar-refractivity contribution in [3.8, 4) is 5.75 Å². The Balaban J connectivity index is 1.93. The molecule has 154 valence electrons. The summed E-state index contributed by atoms with van der Waals surface area (Å²) in [6, 6.07) is 11.6. The fraction of sp³-hybridized carbons (Fsp3) is 0.391. The molecule has 0 aliphatic heterocycles. The van der Waals surface area contributed by atoms with Gasteiger partial charge in [0.1, 0.15) is 5.75 Å². The summed E-state index contributed by atoms with van der Waals surface area (Å²) in [6.45, 7) is 8.25. The van der Waals surface area contributed by atoms with Crippen molar-refractivity contribution in [2.45, 2.75) is 27.2 Å². The van der Waals surface area contributed by atoms with Gasteiger partial charge in [-0.05, 0) is 89.3 Å². The minimum absolute atomic E-state index is 0.0276. The van der Waals surface area contributed by atoms with Crippen LogP contribution in [0.5, 0.6) is 5.75 Å². The third-order valence-corrected chi connectivity index (χ3v) is 5.72. The van der Waals surface area contributed by atoms with Crippen molar-refractivity contribution in [1.82, 2.24) is 9.88 Å². The molecule has 0 N–H and O–H groups in total. The first kappa shape index (κ1) is 21.3. The Morgan fingerprint density at radius 2 is 1.83 bits per heavy atom. The molecule has 0 spiro atoms. The van der Waals surface area contributed by atoms with Gasteiger partial charge in [-0.25, -0.2) is 4.98 Å². The lowest BCUT2D eigenvalue weighted by Gasteiger charge is -2.21. The molecule has 0 saturated carbocycles. The van der Waals surface area contributed by atoms with Gasteiger partial charge in [0.2, 0.25) is 0 Å². The molecule has 6 heteroatoms. The molecule has 3 aromatic rings. The van der Waals surface area contributed by atoms with Crippen LogP contribution in [-0.2, 0) is 0 Å². The summed E-state index contributed by atoms with van der Waals surface area (Å²) in [5, 5.41) is 0.756. The van der Waals surface area contributed by atoms with E-state index in [1.54, 1.807) is 11.3 Å². The Morgan fingerprint density at radius 3 is 2.48 bits per heavy atom. The summed E-state index contributed by atoms with van der Waals surface area (Å²) >= 11 is 1.58. The number of thiazole rings is 1. The van der Waals surface area contributed by atoms with Gasteiger partial charge >= 0.3 is 0 Å². The molecule has 1 aromatic heterocycles. The number of benzene rings is 2. The van der Waals surface area contributed by atoms with Crippen LogP contribution in [0.15, 0.2) is 36.4 Å². The highest BCUT2D eigenvalue weighted by atomic mass is 32.1. The molecule has 0 aliphatic rings. The van der Waals surface area contributed by atoms with Gasteiger partial charge in [0, 0.05) is 12.1 Å². The van der Waals surface area contributed by atoms with Crippen LogP contribution in [0.4, 0.5) is 5.13 Å². The molecule has 3 rings (SSSR count). The van der Waals surface area contributed by atoms with Gasteiger partial charge in [-0.2, -0.15) is 0 Å². The van der Waals surface area contributed by atoms with Crippen LogP contribution < -0.4 is 9.64 Å². The fourth-order valence-corrected chi connectivity index (χ4v) is 4.49. The predicted octanol–water partition coefficient (Wildman–Crippen LogP) is 4.91. The number of rotatable bonds is 8. The van der Waals surface area contributed by atoms with Gasteiger partial charge in [-0.15, -0.1) is 0 Å². The third kappa shape index (κ3) is 5.14. The Bertz CT molecular complexity index is 980. The number of aryl methyl sites for hydroxylation is 2. The number of hydrogen-bond donors (Lipinski definition) is 0. The molecule has 1 amide bonds. The highest BCUT2D eigenvalue weighted by Gasteiger charge is 2.22. The average molecular weight is 412 g/mol. The lowest BCUT2D eigenvalue weighted by molar-refractivity contribution is 0.0986. The van der Waals surface area contributed by atoms with Crippen molar-refractivity contribution in [1.29, 1.82) is 0 Å². The molecule has 0 fully saturated rings. The second-order valence-corrected chi connectivity index (χ2v) is 8.51. The first-order valence-corrected chi connectivity index (χ1v) is 10.8. The van der Waals surface area contributed by atoms with Crippen LogP contribution in [0.25, 0.3) is 10.2 Å². The number of hydrogen-bond acceptors (Lipinski definition) is 5. The first-order chi connectivity index (χ1) is 13.9. The number of aromatic nitrogens is 1. The van der Waals surface area contributed by atoms with Gasteiger partial charge < -0.3 is 9.64 Å². The number of amides is 1. The van der Waals surface area contributed by atoms with Crippen molar-refractivity contribution in [2.24, 2.45) is 0 Å². The fourth-order valence-electron chi connectivity index (χ4n) is 3.32. The standard InChI is InChI=1S/C23H29N3O2S/c1-6-28-19-10-8-18(9-11-19)22(27)26(13-7-12-25(4)5)23-24-21-17(3)14-16(2)15-20(21)29-23/h8-11,14-15H,6-7,12-13H2,1-5H3. The highest BCUT2D eigenvalue weighted by molar-refractivity contribution is 7.22. The van der Waals surface area contributed by atoms with E-state index >= 15 is 0 Å². The summed E-state index contributed by atoms with van der Waals surface area (Å²) < 4.78 is 6.62. The zero-order chi connectivity index (χ0) is 21.0. The summed E-state index contributed by atoms with van der Waals surface area (Å²) in [5.74, 6) is 0.745. The van der Waals surface area contributed by atoms with Gasteiger partial charge in [0.05, 0.1) is 16.8 Å². The largest absolute Gasteiger partial charge is 0.494 e. The van der Waals surface area contributed by atoms with Crippen molar-refractivity contribution < 1.29 is 9.53 Å². The van der Waals surface area contributed by atoms with Crippen molar-refractivity contribution >= 4 is 32.6 Å². The second kappa shape index (κ2) is 9.37. The monoisotopic (exact) mass is 411 g/mol. The van der Waals surface area contributed by atoms with Gasteiger partial charge in [-0.1, -0.05) is 17.4 Å². The van der Waals surface area contributed by atoms with E-state index in [-0.39, 0.29) is 5.91 Å². The van der Waals surface area contributed by atoms with Gasteiger partial charge in [-0.3, -0.25) is 9.69 Å². The maximum Gasteiger partial charge on any atom is 0.260 e. The molecule has 1 heterocycles. The van der Waals surface area contributed by atoms with E-state index in [1.165, 1.54) is 5.56 Å². The quantitative estimate of drug-likeness (QED) is 0.528. The van der Waals surface area contributed by atoms with E-state index in [1.807, 2.05) is 50.2 Å². The molecule has 0 atom stereocenters. The number of fused-ring (bicyclic) bond motifs is 1. The van der Waals surface area contributed by atoms with Crippen molar-refractivity contribution in [3.05, 3.63) is 53.1 Å². The maximum absolute atomic E-state index is 13.4. The smallest absolute Gasteiger partial charge is 0.260 e. The van der Waals surface area contributed by atoms with E-state index in [4.69, 9.17) is 9.72 Å². The molecule has 0 radical (unpaired) electrons. The maximum atomic E-state index is 13.4. The van der Waals surface area contributed by atoms with Crippen LogP contribution in [0.3, 0.4) is 0 Å². The van der Waals surface area contributed by atoms with Crippen molar-refractivity contribution in [2.75, 3.05) is 38.7 Å². The summed E-state index contributed by atoms with van der Waals surface area (Å²) in [5.41, 5.74) is 3.98. The topological polar surface area (TPSA) is 45.7 Å². The van der Waals surface area contributed by atoms with E-state index in [0.717, 1.165) is 39.6 Å². The van der Waals surface area contributed by atoms with Crippen LogP contribution in [0, 0.1) is 13.8 Å². The molecule has 0 bridgehead atoms. The van der Waals surface area contributed by atoms with Gasteiger partial charge in [0.15, 0.2) is 5.13 Å². The first-order valence-electron chi connectivity index (χ1n) is 9.96. The van der Waals surface area contributed by atoms with E-state index in [2.05, 4.69) is 30.9 Å². The SMILES string of the molecule is CCOc1ccc(C(=O)N(CCCN(C)C)c2nc3c(C)cc(C)cc3s2)cc1. The van der Waals surface area contributed by atoms with Crippen molar-refractivity contribution in [3.63, 3.8) is 0 Å². The zero-order valence-electron chi connectivity index (χ0n) is 17.9. The number of nitrogens with zero attached hydrogens (tertiary/aromatic N) is 3. The lowest BCUT2D eigenvalue weighted by atomic mass is 10.1. The predicted molar refractivity (Wildman–Crippen MR) is 122 cm³/mol. The molecular formula is C23H29N3O2S. The van der Waals surface area contributed by atoms with E-state index < -0.39 is 0 Å². The number of anilines is 1. The molecular weight excluding hydrogens is 382 g/mol. The summed E-state index contributed by atoms with van der Waals surface area (Å²) in [7, 11) is 4.09. The Morgan fingerprint density at radius 1 is 1.10 bits per heavy atom. The van der Waals surface area contributed by atoms with E-state index in [0.29, 0.717) is 18.7 Å². The average Bonchev–Trinajstić information content (AvgIpc) is 3.09. The van der Waals surface area contributed by atoms with Crippen LogP contribution >= 0.6 is 11.3 Å². The lowest BCUT2D eigenvalue weighted by Crippen LogP contribution is -2.33. The third-order valence-electron chi connectivity index (χ3n) is 4.69. The minimum Gasteiger partial charge on any atom is -0.494 e. The minimum atomic E-state index is -0.0276. The second-order valence-electron chi connectivity index (χ2n) is 7.50. The van der Waals surface area contributed by atoms with Gasteiger partial charge in [0.25, 0.3) is 5.91 Å². The Labute approximate surface area is 176 Å². The summed E-state index contributed by atoms with van der Waals surface area (Å²) in [6.07, 6.45) is 0.879. The van der Waals surface area contributed by atoms with E-state index in [9.17, 15) is 4.79 Å². The molecule has 5 nitrogen and oxygen atoms in total. The number of carbonyl (C=O) groups is 1. The normalized spacial score (nSPS) is 11.2. The van der Waals surface area contributed by atoms with Crippen LogP contribution in [0.2, 0.25) is 0 Å². The Hall–Kier alpha value is -2.44. The molecule has 0 unspecified atom stereocenters. The molecule has 0 saturated heterocycles. The molecule has 29 heavy (non-hydrogen) atoms.